The summed E-state index contributed by atoms with van der Waals surface area (Å²) in [5.41, 5.74) is 1.09. The zero-order chi connectivity index (χ0) is 11.9. The van der Waals surface area contributed by atoms with Gasteiger partial charge in [-0.25, -0.2) is 4.98 Å². The number of piperidine rings is 1. The van der Waals surface area contributed by atoms with Crippen molar-refractivity contribution in [3.63, 3.8) is 0 Å². The van der Waals surface area contributed by atoms with Crippen LogP contribution in [0, 0.1) is 0 Å². The Morgan fingerprint density at radius 3 is 3.18 bits per heavy atom. The molecule has 0 bridgehead atoms. The Balaban J connectivity index is 1.59. The van der Waals surface area contributed by atoms with Crippen molar-refractivity contribution in [1.82, 2.24) is 10.3 Å². The number of rotatable bonds is 6. The Hall–Kier alpha value is -0.450. The number of aryl methyl sites for hydroxylation is 1. The highest BCUT2D eigenvalue weighted by molar-refractivity contribution is 7.09. The maximum Gasteiger partial charge on any atom is 0.0926 e. The number of nitrogens with one attached hydrogen (secondary N) is 1. The van der Waals surface area contributed by atoms with Crippen LogP contribution in [-0.2, 0) is 17.8 Å². The molecular weight excluding hydrogens is 232 g/mol. The van der Waals surface area contributed by atoms with Gasteiger partial charge in [-0.15, -0.1) is 11.3 Å². The van der Waals surface area contributed by atoms with E-state index in [9.17, 15) is 0 Å². The van der Waals surface area contributed by atoms with E-state index < -0.39 is 0 Å². The first-order valence-corrected chi connectivity index (χ1v) is 7.51. The van der Waals surface area contributed by atoms with Crippen molar-refractivity contribution in [3.05, 3.63) is 16.1 Å². The molecule has 2 heterocycles. The van der Waals surface area contributed by atoms with E-state index in [1.165, 1.54) is 30.8 Å². The van der Waals surface area contributed by atoms with E-state index in [0.29, 0.717) is 12.6 Å². The van der Waals surface area contributed by atoms with Gasteiger partial charge in [-0.1, -0.05) is 13.3 Å². The zero-order valence-corrected chi connectivity index (χ0v) is 11.4. The molecule has 0 aliphatic carbocycles. The number of nitrogens with zero attached hydrogens (tertiary/aromatic N) is 1. The highest BCUT2D eigenvalue weighted by Crippen LogP contribution is 2.12. The van der Waals surface area contributed by atoms with Gasteiger partial charge in [-0.05, 0) is 32.2 Å². The molecule has 3 nitrogen and oxygen atoms in total. The summed E-state index contributed by atoms with van der Waals surface area (Å²) in [5, 5.41) is 6.85. The number of hydrogen-bond acceptors (Lipinski definition) is 4. The summed E-state index contributed by atoms with van der Waals surface area (Å²) < 4.78 is 5.68. The fourth-order valence-electron chi connectivity index (χ4n) is 2.15. The Kier molecular flexibility index (Phi) is 5.42. The molecule has 2 rings (SSSR count). The van der Waals surface area contributed by atoms with Gasteiger partial charge in [0, 0.05) is 18.0 Å². The first-order chi connectivity index (χ1) is 8.38. The fourth-order valence-corrected chi connectivity index (χ4v) is 2.88. The molecule has 1 atom stereocenters. The van der Waals surface area contributed by atoms with Crippen molar-refractivity contribution in [1.29, 1.82) is 0 Å². The molecule has 1 fully saturated rings. The van der Waals surface area contributed by atoms with Crippen molar-refractivity contribution in [2.75, 3.05) is 13.2 Å². The zero-order valence-electron chi connectivity index (χ0n) is 10.6. The van der Waals surface area contributed by atoms with Crippen LogP contribution in [0.25, 0.3) is 0 Å². The summed E-state index contributed by atoms with van der Waals surface area (Å²) in [6, 6.07) is 0.672. The van der Waals surface area contributed by atoms with Crippen LogP contribution in [-0.4, -0.2) is 24.2 Å². The smallest absolute Gasteiger partial charge is 0.0926 e. The normalized spacial score (nSPS) is 20.6. The number of aromatic nitrogens is 1. The molecule has 0 saturated carbocycles. The lowest BCUT2D eigenvalue weighted by Gasteiger charge is -2.23. The average molecular weight is 254 g/mol. The van der Waals surface area contributed by atoms with Gasteiger partial charge >= 0.3 is 0 Å². The molecule has 1 aliphatic heterocycles. The van der Waals surface area contributed by atoms with Crippen molar-refractivity contribution in [2.24, 2.45) is 0 Å². The predicted octanol–water partition coefficient (Wildman–Crippen LogP) is 2.75. The maximum atomic E-state index is 5.68. The third-order valence-electron chi connectivity index (χ3n) is 3.17. The summed E-state index contributed by atoms with van der Waals surface area (Å²) in [6.07, 6.45) is 6.15. The molecular formula is C13H22N2OS. The number of hydrogen-bond donors (Lipinski definition) is 1. The highest BCUT2D eigenvalue weighted by Gasteiger charge is 2.11. The monoisotopic (exact) mass is 254 g/mol. The molecule has 1 aromatic heterocycles. The highest BCUT2D eigenvalue weighted by atomic mass is 32.1. The van der Waals surface area contributed by atoms with Gasteiger partial charge in [0.1, 0.15) is 0 Å². The largest absolute Gasteiger partial charge is 0.375 e. The third-order valence-corrected chi connectivity index (χ3v) is 4.22. The van der Waals surface area contributed by atoms with Crippen molar-refractivity contribution >= 4 is 11.3 Å². The van der Waals surface area contributed by atoms with Gasteiger partial charge in [0.25, 0.3) is 0 Å². The summed E-state index contributed by atoms with van der Waals surface area (Å²) >= 11 is 1.73. The minimum atomic E-state index is 0.670. The van der Waals surface area contributed by atoms with Crippen LogP contribution in [0.2, 0.25) is 0 Å². The average Bonchev–Trinajstić information content (AvgIpc) is 2.84. The quantitative estimate of drug-likeness (QED) is 0.793. The standard InChI is InChI=1S/C13H22N2OS/c1-2-13-15-12(10-17-13)9-16-8-6-11-5-3-4-7-14-11/h10-11,14H,2-9H2,1H3. The Morgan fingerprint density at radius 2 is 2.47 bits per heavy atom. The Labute approximate surface area is 108 Å². The summed E-state index contributed by atoms with van der Waals surface area (Å²) in [4.78, 5) is 4.49. The molecule has 1 aromatic rings. The van der Waals surface area contributed by atoms with E-state index in [1.54, 1.807) is 11.3 Å². The minimum Gasteiger partial charge on any atom is -0.375 e. The van der Waals surface area contributed by atoms with Crippen LogP contribution in [0.3, 0.4) is 0 Å². The predicted molar refractivity (Wildman–Crippen MR) is 71.4 cm³/mol. The molecule has 17 heavy (non-hydrogen) atoms. The number of thiazole rings is 1. The third kappa shape index (κ3) is 4.37. The summed E-state index contributed by atoms with van der Waals surface area (Å²) in [6.45, 7) is 4.83. The van der Waals surface area contributed by atoms with Gasteiger partial charge in [0.2, 0.25) is 0 Å². The molecule has 1 aliphatic rings. The van der Waals surface area contributed by atoms with Gasteiger partial charge in [-0.3, -0.25) is 0 Å². The molecule has 1 N–H and O–H groups in total. The molecule has 4 heteroatoms. The Morgan fingerprint density at radius 1 is 1.53 bits per heavy atom. The van der Waals surface area contributed by atoms with E-state index in [-0.39, 0.29) is 0 Å². The molecule has 96 valence electrons. The van der Waals surface area contributed by atoms with E-state index in [1.807, 2.05) is 0 Å². The lowest BCUT2D eigenvalue weighted by Crippen LogP contribution is -2.34. The topological polar surface area (TPSA) is 34.1 Å². The minimum absolute atomic E-state index is 0.670. The first-order valence-electron chi connectivity index (χ1n) is 6.63. The number of ether oxygens (including phenoxy) is 1. The van der Waals surface area contributed by atoms with Crippen molar-refractivity contribution < 1.29 is 4.74 Å². The fraction of sp³-hybridized carbons (Fsp3) is 0.769. The first kappa shape index (κ1) is 13.0. The SMILES string of the molecule is CCc1nc(COCCC2CCCCN2)cs1. The lowest BCUT2D eigenvalue weighted by molar-refractivity contribution is 0.106. The van der Waals surface area contributed by atoms with Gasteiger partial charge in [-0.2, -0.15) is 0 Å². The second-order valence-corrected chi connectivity index (χ2v) is 5.52. The van der Waals surface area contributed by atoms with Crippen LogP contribution < -0.4 is 5.32 Å². The van der Waals surface area contributed by atoms with E-state index in [2.05, 4.69) is 22.6 Å². The second kappa shape index (κ2) is 7.09. The molecule has 1 saturated heterocycles. The van der Waals surface area contributed by atoms with Crippen molar-refractivity contribution in [2.45, 2.75) is 51.7 Å². The van der Waals surface area contributed by atoms with Gasteiger partial charge in [0.05, 0.1) is 17.3 Å². The molecule has 0 amide bonds. The summed E-state index contributed by atoms with van der Waals surface area (Å²) in [5.74, 6) is 0. The molecule has 0 aromatic carbocycles. The van der Waals surface area contributed by atoms with Crippen LogP contribution in [0.4, 0.5) is 0 Å². The lowest BCUT2D eigenvalue weighted by atomic mass is 10.0. The van der Waals surface area contributed by atoms with Gasteiger partial charge < -0.3 is 10.1 Å². The molecule has 1 unspecified atom stereocenters. The second-order valence-electron chi connectivity index (χ2n) is 4.57. The molecule has 0 radical (unpaired) electrons. The van der Waals surface area contributed by atoms with Crippen LogP contribution >= 0.6 is 11.3 Å². The molecule has 0 spiro atoms. The Bertz CT molecular complexity index is 321. The summed E-state index contributed by atoms with van der Waals surface area (Å²) in [7, 11) is 0. The maximum absolute atomic E-state index is 5.68. The van der Waals surface area contributed by atoms with Crippen LogP contribution in [0.15, 0.2) is 5.38 Å². The van der Waals surface area contributed by atoms with E-state index in [0.717, 1.165) is 25.1 Å². The van der Waals surface area contributed by atoms with E-state index >= 15 is 0 Å². The van der Waals surface area contributed by atoms with Gasteiger partial charge in [0.15, 0.2) is 0 Å². The van der Waals surface area contributed by atoms with Crippen molar-refractivity contribution in [3.8, 4) is 0 Å². The van der Waals surface area contributed by atoms with Crippen LogP contribution in [0.1, 0.15) is 43.3 Å². The van der Waals surface area contributed by atoms with E-state index in [4.69, 9.17) is 4.74 Å². The van der Waals surface area contributed by atoms with Crippen LogP contribution in [0.5, 0.6) is 0 Å².